The summed E-state index contributed by atoms with van der Waals surface area (Å²) in [6, 6.07) is 15.4. The third-order valence-corrected chi connectivity index (χ3v) is 4.05. The number of hydrogen-bond acceptors (Lipinski definition) is 2. The second-order valence-electron chi connectivity index (χ2n) is 5.50. The van der Waals surface area contributed by atoms with Gasteiger partial charge in [0.05, 0.1) is 0 Å². The molecule has 0 atom stereocenters. The predicted octanol–water partition coefficient (Wildman–Crippen LogP) is 2.91. The van der Waals surface area contributed by atoms with Crippen LogP contribution in [0.1, 0.15) is 23.1 Å². The molecule has 0 spiro atoms. The van der Waals surface area contributed by atoms with Crippen LogP contribution in [0.15, 0.2) is 48.5 Å². The Morgan fingerprint density at radius 3 is 2.52 bits per heavy atom. The molecule has 0 unspecified atom stereocenters. The molecule has 1 amide bonds. The van der Waals surface area contributed by atoms with Crippen molar-refractivity contribution in [2.24, 2.45) is 0 Å². The van der Waals surface area contributed by atoms with Crippen molar-refractivity contribution in [3.05, 3.63) is 65.2 Å². The Hall–Kier alpha value is -2.29. The summed E-state index contributed by atoms with van der Waals surface area (Å²) in [7, 11) is 0. The van der Waals surface area contributed by atoms with Gasteiger partial charge in [0, 0.05) is 19.5 Å². The summed E-state index contributed by atoms with van der Waals surface area (Å²) >= 11 is 0. The number of nitrogens with zero attached hydrogens (tertiary/aromatic N) is 1. The molecule has 108 valence electrons. The molecule has 0 saturated carbocycles. The van der Waals surface area contributed by atoms with E-state index in [9.17, 15) is 9.90 Å². The number of phenolic OH excluding ortho intramolecular Hbond substituents is 1. The average Bonchev–Trinajstić information content (AvgIpc) is 2.53. The first-order valence-electron chi connectivity index (χ1n) is 7.35. The highest BCUT2D eigenvalue weighted by Gasteiger charge is 2.19. The van der Waals surface area contributed by atoms with Crippen LogP contribution in [0, 0.1) is 0 Å². The van der Waals surface area contributed by atoms with E-state index in [1.54, 1.807) is 12.1 Å². The maximum atomic E-state index is 12.3. The van der Waals surface area contributed by atoms with E-state index in [2.05, 4.69) is 18.2 Å². The van der Waals surface area contributed by atoms with Crippen LogP contribution in [0.25, 0.3) is 0 Å². The number of amides is 1. The molecule has 0 radical (unpaired) electrons. The van der Waals surface area contributed by atoms with Gasteiger partial charge >= 0.3 is 0 Å². The normalized spacial score (nSPS) is 13.8. The zero-order valence-electron chi connectivity index (χ0n) is 12.0. The second-order valence-corrected chi connectivity index (χ2v) is 5.50. The van der Waals surface area contributed by atoms with Gasteiger partial charge < -0.3 is 10.0 Å². The first-order valence-corrected chi connectivity index (χ1v) is 7.35. The summed E-state index contributed by atoms with van der Waals surface area (Å²) in [6.07, 6.45) is 2.19. The summed E-state index contributed by atoms with van der Waals surface area (Å²) < 4.78 is 0. The highest BCUT2D eigenvalue weighted by Crippen LogP contribution is 2.19. The first-order chi connectivity index (χ1) is 10.2. The Labute approximate surface area is 124 Å². The molecular weight excluding hydrogens is 262 g/mol. The topological polar surface area (TPSA) is 40.5 Å². The Balaban J connectivity index is 1.58. The lowest BCUT2D eigenvalue weighted by Crippen LogP contribution is -2.36. The van der Waals surface area contributed by atoms with Crippen molar-refractivity contribution in [3.63, 3.8) is 0 Å². The third kappa shape index (κ3) is 3.24. The van der Waals surface area contributed by atoms with E-state index in [0.717, 1.165) is 31.5 Å². The summed E-state index contributed by atoms with van der Waals surface area (Å²) in [5.74, 6) is 0.468. The van der Waals surface area contributed by atoms with Gasteiger partial charge in [-0.05, 0) is 41.7 Å². The van der Waals surface area contributed by atoms with E-state index < -0.39 is 0 Å². The number of aryl methyl sites for hydroxylation is 1. The van der Waals surface area contributed by atoms with Crippen molar-refractivity contribution in [2.75, 3.05) is 6.54 Å². The van der Waals surface area contributed by atoms with E-state index in [4.69, 9.17) is 0 Å². The molecule has 3 heteroatoms. The summed E-state index contributed by atoms with van der Waals surface area (Å²) in [5, 5.41) is 9.26. The number of aromatic hydroxyl groups is 1. The van der Waals surface area contributed by atoms with Crippen molar-refractivity contribution in [1.82, 2.24) is 4.90 Å². The molecule has 1 N–H and O–H groups in total. The summed E-state index contributed by atoms with van der Waals surface area (Å²) in [5.41, 5.74) is 3.71. The highest BCUT2D eigenvalue weighted by molar-refractivity contribution is 5.76. The first kappa shape index (κ1) is 13.7. The van der Waals surface area contributed by atoms with Gasteiger partial charge in [-0.1, -0.05) is 36.4 Å². The number of carbonyl (C=O) groups excluding carboxylic acids is 1. The molecule has 0 bridgehead atoms. The Kier molecular flexibility index (Phi) is 3.91. The van der Waals surface area contributed by atoms with Gasteiger partial charge in [0.1, 0.15) is 5.75 Å². The largest absolute Gasteiger partial charge is 0.508 e. The Morgan fingerprint density at radius 2 is 1.76 bits per heavy atom. The van der Waals surface area contributed by atoms with Gasteiger partial charge in [-0.15, -0.1) is 0 Å². The fourth-order valence-electron chi connectivity index (χ4n) is 2.78. The van der Waals surface area contributed by atoms with Gasteiger partial charge in [-0.3, -0.25) is 4.79 Å². The lowest BCUT2D eigenvalue weighted by Gasteiger charge is -2.29. The Bertz CT molecular complexity index is 634. The lowest BCUT2D eigenvalue weighted by atomic mass is 9.99. The van der Waals surface area contributed by atoms with Crippen LogP contribution in [0.3, 0.4) is 0 Å². The minimum atomic E-state index is 0.206. The lowest BCUT2D eigenvalue weighted by molar-refractivity contribution is -0.132. The van der Waals surface area contributed by atoms with Crippen LogP contribution >= 0.6 is 0 Å². The molecule has 0 aromatic heterocycles. The molecule has 3 rings (SSSR count). The number of benzene rings is 2. The van der Waals surface area contributed by atoms with Gasteiger partial charge in [-0.25, -0.2) is 0 Å². The van der Waals surface area contributed by atoms with Crippen LogP contribution in [0.5, 0.6) is 5.75 Å². The van der Waals surface area contributed by atoms with Gasteiger partial charge in [-0.2, -0.15) is 0 Å². The third-order valence-electron chi connectivity index (χ3n) is 4.05. The number of phenols is 1. The van der Waals surface area contributed by atoms with Crippen LogP contribution in [0.4, 0.5) is 0 Å². The van der Waals surface area contributed by atoms with Crippen molar-refractivity contribution >= 4 is 5.91 Å². The fourth-order valence-corrected chi connectivity index (χ4v) is 2.78. The highest BCUT2D eigenvalue weighted by atomic mass is 16.3. The van der Waals surface area contributed by atoms with E-state index in [1.165, 1.54) is 11.1 Å². The van der Waals surface area contributed by atoms with Crippen LogP contribution in [-0.2, 0) is 24.2 Å². The standard InChI is InChI=1S/C18H19NO2/c20-17-8-5-14(6-9-17)7-10-18(21)19-12-11-15-3-1-2-4-16(15)13-19/h1-6,8-9,20H,7,10-13H2. The second kappa shape index (κ2) is 6.00. The zero-order valence-corrected chi connectivity index (χ0v) is 12.0. The van der Waals surface area contributed by atoms with Crippen molar-refractivity contribution in [3.8, 4) is 5.75 Å². The van der Waals surface area contributed by atoms with E-state index in [0.29, 0.717) is 6.42 Å². The summed E-state index contributed by atoms with van der Waals surface area (Å²) in [4.78, 5) is 14.3. The number of hydrogen-bond donors (Lipinski definition) is 1. The quantitative estimate of drug-likeness (QED) is 0.939. The number of fused-ring (bicyclic) bond motifs is 1. The smallest absolute Gasteiger partial charge is 0.223 e. The van der Waals surface area contributed by atoms with Crippen LogP contribution in [-0.4, -0.2) is 22.5 Å². The molecule has 0 aliphatic carbocycles. The molecule has 21 heavy (non-hydrogen) atoms. The van der Waals surface area contributed by atoms with Crippen molar-refractivity contribution in [1.29, 1.82) is 0 Å². The number of carbonyl (C=O) groups is 1. The van der Waals surface area contributed by atoms with E-state index >= 15 is 0 Å². The minimum absolute atomic E-state index is 0.206. The molecule has 2 aromatic rings. The van der Waals surface area contributed by atoms with Crippen LogP contribution < -0.4 is 0 Å². The monoisotopic (exact) mass is 281 g/mol. The van der Waals surface area contributed by atoms with Crippen LogP contribution in [0.2, 0.25) is 0 Å². The van der Waals surface area contributed by atoms with E-state index in [-0.39, 0.29) is 11.7 Å². The average molecular weight is 281 g/mol. The molecule has 3 nitrogen and oxygen atoms in total. The van der Waals surface area contributed by atoms with Gasteiger partial charge in [0.15, 0.2) is 0 Å². The maximum Gasteiger partial charge on any atom is 0.223 e. The predicted molar refractivity (Wildman–Crippen MR) is 82.0 cm³/mol. The van der Waals surface area contributed by atoms with Crippen molar-refractivity contribution < 1.29 is 9.90 Å². The molecular formula is C18H19NO2. The van der Waals surface area contributed by atoms with Gasteiger partial charge in [0.2, 0.25) is 5.91 Å². The van der Waals surface area contributed by atoms with E-state index in [1.807, 2.05) is 23.1 Å². The minimum Gasteiger partial charge on any atom is -0.508 e. The maximum absolute atomic E-state index is 12.3. The zero-order chi connectivity index (χ0) is 14.7. The molecule has 1 heterocycles. The molecule has 1 aliphatic heterocycles. The molecule has 2 aromatic carbocycles. The number of rotatable bonds is 3. The van der Waals surface area contributed by atoms with Crippen molar-refractivity contribution in [2.45, 2.75) is 25.8 Å². The Morgan fingerprint density at radius 1 is 1.05 bits per heavy atom. The molecule has 1 aliphatic rings. The molecule has 0 fully saturated rings. The summed E-state index contributed by atoms with van der Waals surface area (Å²) in [6.45, 7) is 1.54. The fraction of sp³-hybridized carbons (Fsp3) is 0.278. The SMILES string of the molecule is O=C(CCc1ccc(O)cc1)N1CCc2ccccc2C1. The van der Waals surface area contributed by atoms with Gasteiger partial charge in [0.25, 0.3) is 0 Å². The molecule has 0 saturated heterocycles.